The Morgan fingerprint density at radius 2 is 1.89 bits per heavy atom. The molecule has 4 heteroatoms. The minimum atomic E-state index is -0.793. The molecule has 94 valence electrons. The number of ether oxygens (including phenoxy) is 1. The zero-order valence-electron chi connectivity index (χ0n) is 10.5. The molecule has 0 unspecified atom stereocenters. The SMILES string of the molecule is [B][C@@H](C(=O)Oc1ccc(C)cc1)c1cccc(Br)c1. The lowest BCUT2D eigenvalue weighted by molar-refractivity contribution is -0.134. The summed E-state index contributed by atoms with van der Waals surface area (Å²) >= 11 is 3.35. The van der Waals surface area contributed by atoms with Gasteiger partial charge in [-0.3, -0.25) is 4.79 Å². The molecule has 0 aromatic heterocycles. The van der Waals surface area contributed by atoms with Crippen LogP contribution in [0.5, 0.6) is 5.75 Å². The van der Waals surface area contributed by atoms with Crippen molar-refractivity contribution in [2.45, 2.75) is 12.7 Å². The number of carbonyl (C=O) groups is 1. The van der Waals surface area contributed by atoms with Crippen LogP contribution in [0.15, 0.2) is 53.0 Å². The highest BCUT2D eigenvalue weighted by Crippen LogP contribution is 2.20. The third-order valence-electron chi connectivity index (χ3n) is 2.70. The first kappa shape index (κ1) is 13.9. The van der Waals surface area contributed by atoms with Crippen LogP contribution < -0.4 is 4.74 Å². The number of benzene rings is 2. The van der Waals surface area contributed by atoms with E-state index >= 15 is 0 Å². The molecule has 0 saturated carbocycles. The lowest BCUT2D eigenvalue weighted by atomic mass is 9.81. The molecule has 0 aliphatic rings. The molecule has 2 aromatic carbocycles. The fourth-order valence-corrected chi connectivity index (χ4v) is 2.04. The number of halogens is 1. The van der Waals surface area contributed by atoms with Crippen LogP contribution in [-0.4, -0.2) is 13.8 Å². The Morgan fingerprint density at radius 1 is 1.21 bits per heavy atom. The summed E-state index contributed by atoms with van der Waals surface area (Å²) in [6, 6.07) is 14.6. The van der Waals surface area contributed by atoms with Crippen LogP contribution in [0.3, 0.4) is 0 Å². The van der Waals surface area contributed by atoms with Crippen molar-refractivity contribution in [1.82, 2.24) is 0 Å². The summed E-state index contributed by atoms with van der Waals surface area (Å²) in [7, 11) is 5.89. The van der Waals surface area contributed by atoms with Crippen LogP contribution in [0.2, 0.25) is 0 Å². The van der Waals surface area contributed by atoms with Crippen LogP contribution >= 0.6 is 15.9 Å². The van der Waals surface area contributed by atoms with Crippen LogP contribution in [0.25, 0.3) is 0 Å². The molecular formula is C15H12BBrO2. The minimum Gasteiger partial charge on any atom is -0.427 e. The van der Waals surface area contributed by atoms with Gasteiger partial charge in [0.2, 0.25) is 0 Å². The van der Waals surface area contributed by atoms with Crippen molar-refractivity contribution in [3.8, 4) is 5.75 Å². The molecule has 0 saturated heterocycles. The van der Waals surface area contributed by atoms with Gasteiger partial charge in [0, 0.05) is 10.3 Å². The van der Waals surface area contributed by atoms with Crippen molar-refractivity contribution in [3.63, 3.8) is 0 Å². The standard InChI is InChI=1S/C15H12BBrO2/c1-10-5-7-13(8-6-10)19-15(18)14(16)11-3-2-4-12(17)9-11/h2-9,14H,1H3/t14-/m1/s1. The van der Waals surface area contributed by atoms with E-state index in [9.17, 15) is 4.79 Å². The Labute approximate surface area is 122 Å². The van der Waals surface area contributed by atoms with Crippen molar-refractivity contribution in [3.05, 3.63) is 64.1 Å². The quantitative estimate of drug-likeness (QED) is 0.492. The first-order valence-electron chi connectivity index (χ1n) is 5.85. The van der Waals surface area contributed by atoms with E-state index in [2.05, 4.69) is 15.9 Å². The van der Waals surface area contributed by atoms with Crippen LogP contribution in [-0.2, 0) is 4.79 Å². The summed E-state index contributed by atoms with van der Waals surface area (Å²) in [6.45, 7) is 1.97. The van der Waals surface area contributed by atoms with Gasteiger partial charge in [0.1, 0.15) is 5.75 Å². The summed E-state index contributed by atoms with van der Waals surface area (Å²) < 4.78 is 6.12. The molecule has 2 nitrogen and oxygen atoms in total. The summed E-state index contributed by atoms with van der Waals surface area (Å²) in [5.74, 6) is -0.762. The second-order valence-electron chi connectivity index (χ2n) is 4.27. The topological polar surface area (TPSA) is 26.3 Å². The van der Waals surface area contributed by atoms with Gasteiger partial charge in [0.05, 0.1) is 7.85 Å². The van der Waals surface area contributed by atoms with Crippen LogP contribution in [0, 0.1) is 6.92 Å². The van der Waals surface area contributed by atoms with Gasteiger partial charge >= 0.3 is 5.97 Å². The largest absolute Gasteiger partial charge is 0.427 e. The third-order valence-corrected chi connectivity index (χ3v) is 3.19. The molecule has 1 atom stereocenters. The first-order valence-corrected chi connectivity index (χ1v) is 6.65. The van der Waals surface area contributed by atoms with Gasteiger partial charge < -0.3 is 4.74 Å². The number of esters is 1. The van der Waals surface area contributed by atoms with E-state index in [1.165, 1.54) is 0 Å². The minimum absolute atomic E-state index is 0.470. The average Bonchev–Trinajstić information content (AvgIpc) is 2.40. The maximum Gasteiger partial charge on any atom is 0.309 e. The molecule has 0 N–H and O–H groups in total. The fourth-order valence-electron chi connectivity index (χ4n) is 1.62. The van der Waals surface area contributed by atoms with E-state index in [1.54, 1.807) is 24.3 Å². The predicted molar refractivity (Wildman–Crippen MR) is 79.5 cm³/mol. The predicted octanol–water partition coefficient (Wildman–Crippen LogP) is 3.57. The van der Waals surface area contributed by atoms with E-state index in [0.29, 0.717) is 11.3 Å². The molecule has 0 aliphatic heterocycles. The third kappa shape index (κ3) is 3.71. The number of aryl methyl sites for hydroxylation is 1. The van der Waals surface area contributed by atoms with Crippen molar-refractivity contribution < 1.29 is 9.53 Å². The number of carbonyl (C=O) groups excluding carboxylic acids is 1. The Balaban J connectivity index is 2.09. The van der Waals surface area contributed by atoms with E-state index in [1.807, 2.05) is 31.2 Å². The normalized spacial score (nSPS) is 11.9. The van der Waals surface area contributed by atoms with Crippen molar-refractivity contribution >= 4 is 29.7 Å². The summed E-state index contributed by atoms with van der Waals surface area (Å²) in [5.41, 5.74) is 1.82. The zero-order chi connectivity index (χ0) is 13.8. The van der Waals surface area contributed by atoms with Crippen molar-refractivity contribution in [2.24, 2.45) is 0 Å². The Morgan fingerprint density at radius 3 is 2.53 bits per heavy atom. The van der Waals surface area contributed by atoms with Gasteiger partial charge in [-0.15, -0.1) is 0 Å². The number of hydrogen-bond donors (Lipinski definition) is 0. The smallest absolute Gasteiger partial charge is 0.309 e. The van der Waals surface area contributed by atoms with E-state index in [-0.39, 0.29) is 0 Å². The Hall–Kier alpha value is -1.55. The molecular weight excluding hydrogens is 303 g/mol. The Kier molecular flexibility index (Phi) is 4.43. The van der Waals surface area contributed by atoms with Crippen LogP contribution in [0.4, 0.5) is 0 Å². The first-order chi connectivity index (χ1) is 9.06. The monoisotopic (exact) mass is 314 g/mol. The Bertz CT molecular complexity index is 581. The second kappa shape index (κ2) is 6.07. The molecule has 0 spiro atoms. The lowest BCUT2D eigenvalue weighted by Crippen LogP contribution is -2.18. The van der Waals surface area contributed by atoms with E-state index in [0.717, 1.165) is 10.0 Å². The van der Waals surface area contributed by atoms with E-state index < -0.39 is 11.8 Å². The maximum atomic E-state index is 11.9. The van der Waals surface area contributed by atoms with Gasteiger partial charge in [0.15, 0.2) is 0 Å². The molecule has 0 bridgehead atoms. The molecule has 0 aliphatic carbocycles. The van der Waals surface area contributed by atoms with Gasteiger partial charge in [-0.25, -0.2) is 0 Å². The van der Waals surface area contributed by atoms with Gasteiger partial charge in [0.25, 0.3) is 0 Å². The summed E-state index contributed by atoms with van der Waals surface area (Å²) in [6.07, 6.45) is 0. The molecule has 2 rings (SSSR count). The number of hydrogen-bond acceptors (Lipinski definition) is 2. The lowest BCUT2D eigenvalue weighted by Gasteiger charge is -2.12. The van der Waals surface area contributed by atoms with E-state index in [4.69, 9.17) is 12.6 Å². The molecule has 19 heavy (non-hydrogen) atoms. The highest BCUT2D eigenvalue weighted by molar-refractivity contribution is 9.10. The summed E-state index contributed by atoms with van der Waals surface area (Å²) in [5, 5.41) is 0. The molecule has 2 radical (unpaired) electrons. The summed E-state index contributed by atoms with van der Waals surface area (Å²) in [4.78, 5) is 11.9. The van der Waals surface area contributed by atoms with Gasteiger partial charge in [-0.05, 0) is 36.8 Å². The van der Waals surface area contributed by atoms with Crippen molar-refractivity contribution in [1.29, 1.82) is 0 Å². The molecule has 2 aromatic rings. The number of rotatable bonds is 3. The fraction of sp³-hybridized carbons (Fsp3) is 0.133. The molecule has 0 heterocycles. The highest BCUT2D eigenvalue weighted by atomic mass is 79.9. The maximum absolute atomic E-state index is 11.9. The van der Waals surface area contributed by atoms with Gasteiger partial charge in [-0.2, -0.15) is 0 Å². The molecule has 0 fully saturated rings. The zero-order valence-corrected chi connectivity index (χ0v) is 12.1. The molecule has 0 amide bonds. The second-order valence-corrected chi connectivity index (χ2v) is 5.18. The van der Waals surface area contributed by atoms with Crippen LogP contribution in [0.1, 0.15) is 16.9 Å². The van der Waals surface area contributed by atoms with Crippen molar-refractivity contribution in [2.75, 3.05) is 0 Å². The van der Waals surface area contributed by atoms with Gasteiger partial charge in [-0.1, -0.05) is 45.8 Å². The highest BCUT2D eigenvalue weighted by Gasteiger charge is 2.17. The average molecular weight is 315 g/mol.